The van der Waals surface area contributed by atoms with Gasteiger partial charge in [-0.3, -0.25) is 4.79 Å². The van der Waals surface area contributed by atoms with Crippen molar-refractivity contribution < 1.29 is 22.7 Å². The molecule has 6 rings (SSSR count). The van der Waals surface area contributed by atoms with Gasteiger partial charge in [-0.25, -0.2) is 8.42 Å². The fraction of sp³-hybridized carbons (Fsp3) is 0.233. The molecule has 3 aromatic carbocycles. The minimum Gasteiger partial charge on any atom is -0.492 e. The van der Waals surface area contributed by atoms with Gasteiger partial charge in [-0.15, -0.1) is 0 Å². The number of hydrogen-bond acceptors (Lipinski definition) is 5. The Labute approximate surface area is 241 Å². The molecule has 3 heterocycles. The van der Waals surface area contributed by atoms with Crippen molar-refractivity contribution in [2.45, 2.75) is 11.4 Å². The lowest BCUT2D eigenvalue weighted by Gasteiger charge is -2.26. The first-order chi connectivity index (χ1) is 19.3. The minimum absolute atomic E-state index is 0.172. The van der Waals surface area contributed by atoms with Crippen LogP contribution in [0.4, 0.5) is 5.69 Å². The molecule has 0 aliphatic carbocycles. The van der Waals surface area contributed by atoms with Crippen LogP contribution < -0.4 is 9.64 Å². The minimum atomic E-state index is -3.71. The van der Waals surface area contributed by atoms with E-state index in [1.54, 1.807) is 30.1 Å². The third-order valence-corrected chi connectivity index (χ3v) is 9.67. The summed E-state index contributed by atoms with van der Waals surface area (Å²) in [5.41, 5.74) is 3.61. The summed E-state index contributed by atoms with van der Waals surface area (Å²) in [5, 5.41) is 0.975. The Morgan fingerprint density at radius 3 is 2.58 bits per heavy atom. The van der Waals surface area contributed by atoms with Gasteiger partial charge in [0, 0.05) is 58.4 Å². The Bertz CT molecular complexity index is 1730. The summed E-state index contributed by atoms with van der Waals surface area (Å²) in [7, 11) is -2.00. The second kappa shape index (κ2) is 10.9. The number of morpholine rings is 1. The molecule has 0 N–H and O–H groups in total. The third-order valence-electron chi connectivity index (χ3n) is 7.28. The number of halogens is 1. The Balaban J connectivity index is 1.37. The second-order valence-electron chi connectivity index (χ2n) is 9.72. The summed E-state index contributed by atoms with van der Waals surface area (Å²) in [4.78, 5) is 15.1. The molecule has 2 aliphatic heterocycles. The Kier molecular flexibility index (Phi) is 7.26. The predicted octanol–water partition coefficient (Wildman–Crippen LogP) is 5.02. The number of likely N-dealkylation sites (N-methyl/N-ethyl adjacent to an activating group) is 1. The van der Waals surface area contributed by atoms with Gasteiger partial charge in [0.05, 0.1) is 30.3 Å². The molecule has 1 aromatic heterocycles. The summed E-state index contributed by atoms with van der Waals surface area (Å²) in [6, 6.07) is 20.6. The van der Waals surface area contributed by atoms with Crippen molar-refractivity contribution in [2.75, 3.05) is 44.9 Å². The fourth-order valence-electron chi connectivity index (χ4n) is 5.20. The van der Waals surface area contributed by atoms with Crippen molar-refractivity contribution in [3.63, 3.8) is 0 Å². The zero-order valence-corrected chi connectivity index (χ0v) is 24.3. The number of benzene rings is 3. The van der Waals surface area contributed by atoms with Crippen molar-refractivity contribution in [3.05, 3.63) is 88.5 Å². The molecular weight excluding hydrogens is 594 g/mol. The van der Waals surface area contributed by atoms with Crippen molar-refractivity contribution in [2.24, 2.45) is 0 Å². The number of rotatable bonds is 7. The van der Waals surface area contributed by atoms with Gasteiger partial charge in [0.1, 0.15) is 12.4 Å². The number of fused-ring (bicyclic) bond motifs is 2. The first-order valence-electron chi connectivity index (χ1n) is 13.0. The van der Waals surface area contributed by atoms with E-state index in [4.69, 9.17) is 9.47 Å². The van der Waals surface area contributed by atoms with E-state index in [9.17, 15) is 13.2 Å². The van der Waals surface area contributed by atoms with E-state index in [1.807, 2.05) is 60.8 Å². The number of ether oxygens (including phenoxy) is 2. The normalized spacial score (nSPS) is 17.1. The number of carbonyl (C=O) groups is 1. The molecule has 0 unspecified atom stereocenters. The van der Waals surface area contributed by atoms with Crippen LogP contribution in [0.2, 0.25) is 0 Å². The van der Waals surface area contributed by atoms with E-state index in [2.05, 4.69) is 20.5 Å². The van der Waals surface area contributed by atoms with Gasteiger partial charge in [-0.1, -0.05) is 34.1 Å². The quantitative estimate of drug-likeness (QED) is 0.271. The number of anilines is 1. The molecule has 40 heavy (non-hydrogen) atoms. The molecule has 0 bridgehead atoms. The number of nitrogens with zero attached hydrogens (tertiary/aromatic N) is 3. The Morgan fingerprint density at radius 2 is 1.80 bits per heavy atom. The van der Waals surface area contributed by atoms with Crippen molar-refractivity contribution in [1.29, 1.82) is 0 Å². The van der Waals surface area contributed by atoms with E-state index >= 15 is 0 Å². The van der Waals surface area contributed by atoms with Crippen molar-refractivity contribution in [1.82, 2.24) is 8.87 Å². The number of amides is 1. The summed E-state index contributed by atoms with van der Waals surface area (Å²) in [5.74, 6) is 0.627. The first kappa shape index (κ1) is 26.8. The lowest BCUT2D eigenvalue weighted by molar-refractivity contribution is -0.112. The van der Waals surface area contributed by atoms with Gasteiger partial charge < -0.3 is 18.9 Å². The van der Waals surface area contributed by atoms with Gasteiger partial charge in [0.25, 0.3) is 5.91 Å². The highest BCUT2D eigenvalue weighted by Crippen LogP contribution is 2.40. The molecule has 10 heteroatoms. The molecule has 206 valence electrons. The molecule has 2 aliphatic rings. The monoisotopic (exact) mass is 621 g/mol. The molecule has 4 aromatic rings. The molecule has 1 amide bonds. The summed E-state index contributed by atoms with van der Waals surface area (Å²) >= 11 is 3.58. The lowest BCUT2D eigenvalue weighted by atomic mass is 10.0. The standard InChI is InChI=1S/C30H28BrN3O5S/c1-32-28-10-8-24(40(36,37)34-12-14-38-15-13-34)19-26(28)27(30(32)35)17-21-20-33(29-9-7-22(31)18-25(21)29)11-16-39-23-5-3-2-4-6-23/h2-10,17-20H,11-16H2,1H3. The highest BCUT2D eigenvalue weighted by atomic mass is 79.9. The molecular formula is C30H28BrN3O5S. The van der Waals surface area contributed by atoms with E-state index in [0.717, 1.165) is 26.7 Å². The van der Waals surface area contributed by atoms with Gasteiger partial charge in [-0.2, -0.15) is 4.31 Å². The van der Waals surface area contributed by atoms with Crippen LogP contribution in [0.3, 0.4) is 0 Å². The van der Waals surface area contributed by atoms with Crippen molar-refractivity contribution in [3.8, 4) is 5.75 Å². The number of aromatic nitrogens is 1. The fourth-order valence-corrected chi connectivity index (χ4v) is 6.99. The van der Waals surface area contributed by atoms with Crippen LogP contribution in [0.15, 0.2) is 82.3 Å². The smallest absolute Gasteiger partial charge is 0.258 e. The lowest BCUT2D eigenvalue weighted by Crippen LogP contribution is -2.40. The molecule has 1 fully saturated rings. The molecule has 0 saturated carbocycles. The number of carbonyl (C=O) groups excluding carboxylic acids is 1. The van der Waals surface area contributed by atoms with Gasteiger partial charge in [0.2, 0.25) is 10.0 Å². The van der Waals surface area contributed by atoms with Crippen molar-refractivity contribution >= 4 is 60.1 Å². The SMILES string of the molecule is CN1C(=O)C(=Cc2cn(CCOc3ccccc3)c3ccc(Br)cc23)c2cc(S(=O)(=O)N3CCOCC3)ccc21. The van der Waals surface area contributed by atoms with E-state index in [0.29, 0.717) is 56.3 Å². The van der Waals surface area contributed by atoms with Crippen LogP contribution in [-0.2, 0) is 26.1 Å². The topological polar surface area (TPSA) is 81.1 Å². The molecule has 0 radical (unpaired) electrons. The average molecular weight is 623 g/mol. The van der Waals surface area contributed by atoms with Gasteiger partial charge in [0.15, 0.2) is 0 Å². The number of sulfonamides is 1. The van der Waals surface area contributed by atoms with Gasteiger partial charge in [-0.05, 0) is 54.6 Å². The molecule has 1 saturated heterocycles. The maximum atomic E-state index is 13.4. The van der Waals surface area contributed by atoms with E-state index < -0.39 is 10.0 Å². The number of para-hydroxylation sites is 1. The second-order valence-corrected chi connectivity index (χ2v) is 12.6. The summed E-state index contributed by atoms with van der Waals surface area (Å²) < 4.78 is 42.5. The van der Waals surface area contributed by atoms with Crippen LogP contribution in [0.1, 0.15) is 11.1 Å². The zero-order valence-electron chi connectivity index (χ0n) is 21.9. The Hall–Kier alpha value is -3.44. The number of hydrogen-bond donors (Lipinski definition) is 0. The van der Waals surface area contributed by atoms with Crippen LogP contribution in [-0.4, -0.2) is 63.2 Å². The highest BCUT2D eigenvalue weighted by molar-refractivity contribution is 9.10. The molecule has 0 spiro atoms. The van der Waals surface area contributed by atoms with E-state index in [-0.39, 0.29) is 10.8 Å². The summed E-state index contributed by atoms with van der Waals surface area (Å²) in [6.45, 7) is 2.45. The maximum absolute atomic E-state index is 13.4. The van der Waals surface area contributed by atoms with Crippen LogP contribution >= 0.6 is 15.9 Å². The van der Waals surface area contributed by atoms with Crippen LogP contribution in [0.25, 0.3) is 22.6 Å². The first-order valence-corrected chi connectivity index (χ1v) is 15.2. The van der Waals surface area contributed by atoms with Gasteiger partial charge >= 0.3 is 0 Å². The van der Waals surface area contributed by atoms with Crippen LogP contribution in [0.5, 0.6) is 5.75 Å². The highest BCUT2D eigenvalue weighted by Gasteiger charge is 2.33. The largest absolute Gasteiger partial charge is 0.492 e. The van der Waals surface area contributed by atoms with E-state index in [1.165, 1.54) is 4.31 Å². The third kappa shape index (κ3) is 4.96. The predicted molar refractivity (Wildman–Crippen MR) is 159 cm³/mol. The average Bonchev–Trinajstić information content (AvgIpc) is 3.43. The molecule has 8 nitrogen and oxygen atoms in total. The zero-order chi connectivity index (χ0) is 27.9. The summed E-state index contributed by atoms with van der Waals surface area (Å²) in [6.07, 6.45) is 3.87. The maximum Gasteiger partial charge on any atom is 0.258 e. The Morgan fingerprint density at radius 1 is 1.02 bits per heavy atom. The molecule has 0 atom stereocenters. The van der Waals surface area contributed by atoms with Crippen LogP contribution in [0, 0.1) is 0 Å².